The third-order valence-electron chi connectivity index (χ3n) is 3.93. The Kier molecular flexibility index (Phi) is 7.33. The molecule has 0 fully saturated rings. The van der Waals surface area contributed by atoms with Crippen molar-refractivity contribution in [3.8, 4) is 11.5 Å². The SMILES string of the molecule is CCOc1ccc(CCC(=O)N[C@H](C)c2ccccc2)cc1OCC. The van der Waals surface area contributed by atoms with Crippen molar-refractivity contribution in [1.82, 2.24) is 5.32 Å². The minimum absolute atomic E-state index is 0.00742. The van der Waals surface area contributed by atoms with E-state index in [9.17, 15) is 4.79 Å². The molecule has 134 valence electrons. The lowest BCUT2D eigenvalue weighted by molar-refractivity contribution is -0.121. The van der Waals surface area contributed by atoms with Crippen LogP contribution >= 0.6 is 0 Å². The molecule has 2 aromatic rings. The number of aryl methyl sites for hydroxylation is 1. The van der Waals surface area contributed by atoms with E-state index < -0.39 is 0 Å². The molecule has 4 heteroatoms. The summed E-state index contributed by atoms with van der Waals surface area (Å²) in [6.45, 7) is 7.07. The lowest BCUT2D eigenvalue weighted by atomic mass is 10.1. The smallest absolute Gasteiger partial charge is 0.220 e. The molecule has 0 bridgehead atoms. The van der Waals surface area contributed by atoms with Crippen LogP contribution in [0.4, 0.5) is 0 Å². The highest BCUT2D eigenvalue weighted by Crippen LogP contribution is 2.29. The highest BCUT2D eigenvalue weighted by Gasteiger charge is 2.11. The standard InChI is InChI=1S/C21H27NO3/c1-4-24-19-13-11-17(15-20(19)25-5-2)12-14-21(23)22-16(3)18-9-7-6-8-10-18/h6-11,13,15-16H,4-5,12,14H2,1-3H3,(H,22,23)/t16-/m1/s1. The summed E-state index contributed by atoms with van der Waals surface area (Å²) in [5.74, 6) is 1.53. The quantitative estimate of drug-likeness (QED) is 0.740. The summed E-state index contributed by atoms with van der Waals surface area (Å²) in [4.78, 5) is 12.2. The fourth-order valence-electron chi connectivity index (χ4n) is 2.65. The van der Waals surface area contributed by atoms with Crippen LogP contribution in [-0.4, -0.2) is 19.1 Å². The van der Waals surface area contributed by atoms with Gasteiger partial charge in [-0.2, -0.15) is 0 Å². The third kappa shape index (κ3) is 5.82. The molecule has 0 spiro atoms. The number of benzene rings is 2. The van der Waals surface area contributed by atoms with E-state index >= 15 is 0 Å². The molecule has 25 heavy (non-hydrogen) atoms. The summed E-state index contributed by atoms with van der Waals surface area (Å²) in [5.41, 5.74) is 2.17. The molecule has 0 aliphatic carbocycles. The van der Waals surface area contributed by atoms with Crippen molar-refractivity contribution in [2.24, 2.45) is 0 Å². The molecular formula is C21H27NO3. The second kappa shape index (κ2) is 9.72. The molecule has 0 saturated carbocycles. The molecule has 1 amide bonds. The van der Waals surface area contributed by atoms with E-state index in [0.717, 1.165) is 22.6 Å². The molecule has 0 heterocycles. The number of carbonyl (C=O) groups excluding carboxylic acids is 1. The van der Waals surface area contributed by atoms with Gasteiger partial charge >= 0.3 is 0 Å². The van der Waals surface area contributed by atoms with Gasteiger partial charge in [0, 0.05) is 6.42 Å². The first-order chi connectivity index (χ1) is 12.1. The highest BCUT2D eigenvalue weighted by atomic mass is 16.5. The minimum Gasteiger partial charge on any atom is -0.490 e. The maximum Gasteiger partial charge on any atom is 0.220 e. The summed E-state index contributed by atoms with van der Waals surface area (Å²) >= 11 is 0. The lowest BCUT2D eigenvalue weighted by Gasteiger charge is -2.15. The molecule has 0 aromatic heterocycles. The van der Waals surface area contributed by atoms with Crippen molar-refractivity contribution in [2.75, 3.05) is 13.2 Å². The number of amides is 1. The van der Waals surface area contributed by atoms with E-state index in [1.807, 2.05) is 69.3 Å². The normalized spacial score (nSPS) is 11.6. The van der Waals surface area contributed by atoms with Crippen LogP contribution in [0.1, 0.15) is 44.4 Å². The zero-order chi connectivity index (χ0) is 18.1. The van der Waals surface area contributed by atoms with Crippen LogP contribution < -0.4 is 14.8 Å². The van der Waals surface area contributed by atoms with Crippen LogP contribution in [0, 0.1) is 0 Å². The Labute approximate surface area is 150 Å². The maximum absolute atomic E-state index is 12.2. The van der Waals surface area contributed by atoms with E-state index in [4.69, 9.17) is 9.47 Å². The first-order valence-electron chi connectivity index (χ1n) is 8.86. The fraction of sp³-hybridized carbons (Fsp3) is 0.381. The van der Waals surface area contributed by atoms with Gasteiger partial charge < -0.3 is 14.8 Å². The third-order valence-corrected chi connectivity index (χ3v) is 3.93. The van der Waals surface area contributed by atoms with Crippen molar-refractivity contribution < 1.29 is 14.3 Å². The largest absolute Gasteiger partial charge is 0.490 e. The van der Waals surface area contributed by atoms with E-state index in [1.165, 1.54) is 0 Å². The first-order valence-corrected chi connectivity index (χ1v) is 8.86. The number of nitrogens with one attached hydrogen (secondary N) is 1. The van der Waals surface area contributed by atoms with Gasteiger partial charge in [0.25, 0.3) is 0 Å². The van der Waals surface area contributed by atoms with E-state index in [-0.39, 0.29) is 11.9 Å². The monoisotopic (exact) mass is 341 g/mol. The Balaban J connectivity index is 1.91. The Morgan fingerprint density at radius 1 is 1.00 bits per heavy atom. The molecule has 2 rings (SSSR count). The van der Waals surface area contributed by atoms with Gasteiger partial charge in [0.2, 0.25) is 5.91 Å². The van der Waals surface area contributed by atoms with Crippen LogP contribution in [-0.2, 0) is 11.2 Å². The molecule has 1 N–H and O–H groups in total. The summed E-state index contributed by atoms with van der Waals surface area (Å²) in [7, 11) is 0. The Morgan fingerprint density at radius 3 is 2.36 bits per heavy atom. The van der Waals surface area contributed by atoms with Gasteiger partial charge in [0.1, 0.15) is 0 Å². The molecule has 0 unspecified atom stereocenters. The molecule has 0 saturated heterocycles. The van der Waals surface area contributed by atoms with Crippen molar-refractivity contribution >= 4 is 5.91 Å². The van der Waals surface area contributed by atoms with Crippen LogP contribution in [0.5, 0.6) is 11.5 Å². The predicted octanol–water partition coefficient (Wildman–Crippen LogP) is 4.29. The summed E-state index contributed by atoms with van der Waals surface area (Å²) in [5, 5.41) is 3.04. The van der Waals surface area contributed by atoms with Crippen molar-refractivity contribution in [3.05, 3.63) is 59.7 Å². The van der Waals surface area contributed by atoms with Gasteiger partial charge in [0.15, 0.2) is 11.5 Å². The van der Waals surface area contributed by atoms with E-state index in [1.54, 1.807) is 0 Å². The van der Waals surface area contributed by atoms with Gasteiger partial charge in [-0.25, -0.2) is 0 Å². The molecule has 2 aromatic carbocycles. The zero-order valence-corrected chi connectivity index (χ0v) is 15.2. The van der Waals surface area contributed by atoms with E-state index in [2.05, 4.69) is 5.32 Å². The number of hydrogen-bond acceptors (Lipinski definition) is 3. The Hall–Kier alpha value is -2.49. The number of carbonyl (C=O) groups is 1. The highest BCUT2D eigenvalue weighted by molar-refractivity contribution is 5.76. The lowest BCUT2D eigenvalue weighted by Crippen LogP contribution is -2.26. The van der Waals surface area contributed by atoms with Crippen LogP contribution in [0.25, 0.3) is 0 Å². The van der Waals surface area contributed by atoms with Gasteiger partial charge in [0.05, 0.1) is 19.3 Å². The van der Waals surface area contributed by atoms with Crippen LogP contribution in [0.15, 0.2) is 48.5 Å². The number of hydrogen-bond donors (Lipinski definition) is 1. The molecule has 1 atom stereocenters. The Bertz CT molecular complexity index is 670. The predicted molar refractivity (Wildman–Crippen MR) is 100 cm³/mol. The number of ether oxygens (including phenoxy) is 2. The summed E-state index contributed by atoms with van der Waals surface area (Å²) < 4.78 is 11.2. The minimum atomic E-state index is 0.00742. The average molecular weight is 341 g/mol. The Morgan fingerprint density at radius 2 is 1.68 bits per heavy atom. The molecule has 0 aliphatic rings. The molecule has 0 aliphatic heterocycles. The van der Waals surface area contributed by atoms with E-state index in [0.29, 0.717) is 26.1 Å². The van der Waals surface area contributed by atoms with Crippen molar-refractivity contribution in [1.29, 1.82) is 0 Å². The fourth-order valence-corrected chi connectivity index (χ4v) is 2.65. The summed E-state index contributed by atoms with van der Waals surface area (Å²) in [6, 6.07) is 15.8. The first kappa shape index (κ1) is 18.8. The van der Waals surface area contributed by atoms with Crippen molar-refractivity contribution in [3.63, 3.8) is 0 Å². The number of rotatable bonds is 9. The van der Waals surface area contributed by atoms with Crippen LogP contribution in [0.3, 0.4) is 0 Å². The van der Waals surface area contributed by atoms with Crippen molar-refractivity contribution in [2.45, 2.75) is 39.7 Å². The van der Waals surface area contributed by atoms with Crippen LogP contribution in [0.2, 0.25) is 0 Å². The topological polar surface area (TPSA) is 47.6 Å². The molecule has 0 radical (unpaired) electrons. The molecule has 4 nitrogen and oxygen atoms in total. The summed E-state index contributed by atoms with van der Waals surface area (Å²) in [6.07, 6.45) is 1.11. The second-order valence-corrected chi connectivity index (χ2v) is 5.85. The van der Waals surface area contributed by atoms with Gasteiger partial charge in [-0.3, -0.25) is 4.79 Å². The van der Waals surface area contributed by atoms with Gasteiger partial charge in [-0.15, -0.1) is 0 Å². The second-order valence-electron chi connectivity index (χ2n) is 5.85. The average Bonchev–Trinajstić information content (AvgIpc) is 2.63. The zero-order valence-electron chi connectivity index (χ0n) is 15.2. The maximum atomic E-state index is 12.2. The van der Waals surface area contributed by atoms with Gasteiger partial charge in [-0.1, -0.05) is 36.4 Å². The molecular weight excluding hydrogens is 314 g/mol. The van der Waals surface area contributed by atoms with Gasteiger partial charge in [-0.05, 0) is 50.5 Å².